The van der Waals surface area contributed by atoms with Crippen molar-refractivity contribution in [3.05, 3.63) is 17.3 Å². The second kappa shape index (κ2) is 3.21. The van der Waals surface area contributed by atoms with E-state index in [4.69, 9.17) is 17.3 Å². The van der Waals surface area contributed by atoms with Crippen LogP contribution in [0.3, 0.4) is 0 Å². The van der Waals surface area contributed by atoms with Gasteiger partial charge in [0.25, 0.3) is 5.35 Å². The molecule has 0 spiro atoms. The van der Waals surface area contributed by atoms with Crippen molar-refractivity contribution >= 4 is 11.6 Å². The molecule has 1 heterocycles. The van der Waals surface area contributed by atoms with Crippen molar-refractivity contribution in [3.8, 4) is 0 Å². The van der Waals surface area contributed by atoms with Gasteiger partial charge in [0.1, 0.15) is 18.1 Å². The zero-order valence-electron chi connectivity index (χ0n) is 5.99. The first-order chi connectivity index (χ1) is 5.11. The van der Waals surface area contributed by atoms with Crippen molar-refractivity contribution < 1.29 is 9.52 Å². The van der Waals surface area contributed by atoms with Gasteiger partial charge in [0, 0.05) is 6.04 Å². The Morgan fingerprint density at radius 3 is 2.82 bits per heavy atom. The quantitative estimate of drug-likeness (QED) is 0.696. The molecule has 2 atom stereocenters. The minimum Gasteiger partial charge on any atom is -0.436 e. The van der Waals surface area contributed by atoms with Crippen LogP contribution in [0, 0.1) is 0 Å². The van der Waals surface area contributed by atoms with Gasteiger partial charge in [0.2, 0.25) is 0 Å². The van der Waals surface area contributed by atoms with Gasteiger partial charge >= 0.3 is 0 Å². The molecule has 62 valence electrons. The van der Waals surface area contributed by atoms with Crippen molar-refractivity contribution in [2.45, 2.75) is 19.1 Å². The van der Waals surface area contributed by atoms with Crippen molar-refractivity contribution in [3.63, 3.8) is 0 Å². The van der Waals surface area contributed by atoms with E-state index in [-0.39, 0.29) is 11.4 Å². The molecule has 1 rings (SSSR count). The lowest BCUT2D eigenvalue weighted by Crippen LogP contribution is -2.24. The number of hydrogen-bond donors (Lipinski definition) is 2. The van der Waals surface area contributed by atoms with Crippen molar-refractivity contribution in [1.29, 1.82) is 0 Å². The lowest BCUT2D eigenvalue weighted by atomic mass is 10.1. The first kappa shape index (κ1) is 8.52. The highest BCUT2D eigenvalue weighted by atomic mass is 35.5. The fourth-order valence-electron chi connectivity index (χ4n) is 0.668. The molecule has 2 unspecified atom stereocenters. The number of aliphatic hydroxyl groups is 1. The van der Waals surface area contributed by atoms with Crippen LogP contribution in [0.25, 0.3) is 0 Å². The smallest absolute Gasteiger partial charge is 0.292 e. The summed E-state index contributed by atoms with van der Waals surface area (Å²) in [6.45, 7) is 1.67. The number of rotatable bonds is 2. The normalized spacial score (nSPS) is 16.4. The van der Waals surface area contributed by atoms with Crippen LogP contribution in [0.5, 0.6) is 0 Å². The van der Waals surface area contributed by atoms with Crippen LogP contribution in [0.15, 0.2) is 10.7 Å². The summed E-state index contributed by atoms with van der Waals surface area (Å²) >= 11 is 5.38. The average molecular weight is 177 g/mol. The molecule has 0 fully saturated rings. The van der Waals surface area contributed by atoms with Gasteiger partial charge in [-0.25, -0.2) is 4.98 Å². The molecule has 0 aromatic carbocycles. The molecule has 1 aromatic heterocycles. The minimum atomic E-state index is -0.814. The lowest BCUT2D eigenvalue weighted by Gasteiger charge is -2.09. The Hall–Kier alpha value is -0.580. The summed E-state index contributed by atoms with van der Waals surface area (Å²) in [5.41, 5.74) is 5.77. The van der Waals surface area contributed by atoms with Gasteiger partial charge in [-0.2, -0.15) is 0 Å². The summed E-state index contributed by atoms with van der Waals surface area (Å²) in [5.74, 6) is 0. The maximum absolute atomic E-state index is 9.30. The molecular formula is C6H9ClN2O2. The lowest BCUT2D eigenvalue weighted by molar-refractivity contribution is 0.148. The molecule has 0 aliphatic carbocycles. The molecule has 1 aromatic rings. The van der Waals surface area contributed by atoms with Gasteiger partial charge in [0.15, 0.2) is 0 Å². The maximum atomic E-state index is 9.30. The molecule has 11 heavy (non-hydrogen) atoms. The fraction of sp³-hybridized carbons (Fsp3) is 0.500. The molecule has 3 N–H and O–H groups in total. The Morgan fingerprint density at radius 2 is 2.45 bits per heavy atom. The molecule has 0 radical (unpaired) electrons. The van der Waals surface area contributed by atoms with Gasteiger partial charge in [-0.3, -0.25) is 0 Å². The van der Waals surface area contributed by atoms with Crippen LogP contribution in [0.2, 0.25) is 5.35 Å². The molecule has 0 aliphatic heterocycles. The largest absolute Gasteiger partial charge is 0.436 e. The highest BCUT2D eigenvalue weighted by Crippen LogP contribution is 2.16. The molecule has 0 saturated carbocycles. The van der Waals surface area contributed by atoms with E-state index in [1.165, 1.54) is 6.26 Å². The maximum Gasteiger partial charge on any atom is 0.292 e. The number of nitrogens with zero attached hydrogens (tertiary/aromatic N) is 1. The number of oxazole rings is 1. The predicted molar refractivity (Wildman–Crippen MR) is 40.1 cm³/mol. The summed E-state index contributed by atoms with van der Waals surface area (Å²) in [6, 6.07) is -0.379. The van der Waals surface area contributed by atoms with Gasteiger partial charge in [-0.1, -0.05) is 0 Å². The van der Waals surface area contributed by atoms with E-state index in [1.807, 2.05) is 0 Å². The van der Waals surface area contributed by atoms with E-state index >= 15 is 0 Å². The Labute approximate surface area is 69.0 Å². The Bertz CT molecular complexity index is 236. The van der Waals surface area contributed by atoms with E-state index in [0.717, 1.165) is 0 Å². The first-order valence-corrected chi connectivity index (χ1v) is 3.53. The van der Waals surface area contributed by atoms with E-state index in [9.17, 15) is 5.11 Å². The summed E-state index contributed by atoms with van der Waals surface area (Å²) in [5, 5.41) is 9.32. The number of hydrogen-bond acceptors (Lipinski definition) is 4. The summed E-state index contributed by atoms with van der Waals surface area (Å²) in [6.07, 6.45) is 0.474. The van der Waals surface area contributed by atoms with Gasteiger partial charge in [-0.15, -0.1) is 0 Å². The van der Waals surface area contributed by atoms with E-state index in [0.29, 0.717) is 5.69 Å². The van der Waals surface area contributed by atoms with E-state index in [1.54, 1.807) is 6.92 Å². The fourth-order valence-corrected chi connectivity index (χ4v) is 0.811. The third-order valence-corrected chi connectivity index (χ3v) is 1.47. The third kappa shape index (κ3) is 1.92. The molecule has 0 amide bonds. The molecule has 0 saturated heterocycles. The van der Waals surface area contributed by atoms with Crippen molar-refractivity contribution in [2.75, 3.05) is 0 Å². The predicted octanol–water partition coefficient (Wildman–Crippen LogP) is 0.709. The van der Waals surface area contributed by atoms with Gasteiger partial charge < -0.3 is 15.3 Å². The zero-order chi connectivity index (χ0) is 8.43. The summed E-state index contributed by atoms with van der Waals surface area (Å²) in [4.78, 5) is 3.70. The second-order valence-electron chi connectivity index (χ2n) is 2.33. The monoisotopic (exact) mass is 176 g/mol. The SMILES string of the molecule is CC(N)C(O)c1coc(Cl)n1. The standard InChI is InChI=1S/C6H9ClN2O2/c1-3(8)5(10)4-2-11-6(7)9-4/h2-3,5,10H,8H2,1H3. The van der Waals surface area contributed by atoms with Gasteiger partial charge in [0.05, 0.1) is 0 Å². The van der Waals surface area contributed by atoms with Crippen LogP contribution < -0.4 is 5.73 Å². The number of halogens is 1. The molecule has 5 heteroatoms. The number of aliphatic hydroxyl groups excluding tert-OH is 1. The highest BCUT2D eigenvalue weighted by molar-refractivity contribution is 6.27. The Kier molecular flexibility index (Phi) is 2.49. The highest BCUT2D eigenvalue weighted by Gasteiger charge is 2.16. The average Bonchev–Trinajstić information content (AvgIpc) is 2.34. The summed E-state index contributed by atoms with van der Waals surface area (Å²) in [7, 11) is 0. The van der Waals surface area contributed by atoms with Gasteiger partial charge in [-0.05, 0) is 18.5 Å². The van der Waals surface area contributed by atoms with E-state index < -0.39 is 6.10 Å². The van der Waals surface area contributed by atoms with Crippen LogP contribution in [-0.2, 0) is 0 Å². The van der Waals surface area contributed by atoms with Crippen molar-refractivity contribution in [1.82, 2.24) is 4.98 Å². The van der Waals surface area contributed by atoms with Crippen LogP contribution in [0.1, 0.15) is 18.7 Å². The number of nitrogens with two attached hydrogens (primary N) is 1. The molecule has 0 bridgehead atoms. The van der Waals surface area contributed by atoms with E-state index in [2.05, 4.69) is 9.40 Å². The molecular weight excluding hydrogens is 168 g/mol. The topological polar surface area (TPSA) is 72.3 Å². The first-order valence-electron chi connectivity index (χ1n) is 3.16. The third-order valence-electron chi connectivity index (χ3n) is 1.29. The minimum absolute atomic E-state index is 0.0136. The Balaban J connectivity index is 2.76. The Morgan fingerprint density at radius 1 is 1.82 bits per heavy atom. The van der Waals surface area contributed by atoms with Crippen LogP contribution in [-0.4, -0.2) is 16.1 Å². The molecule has 0 aliphatic rings. The van der Waals surface area contributed by atoms with Crippen molar-refractivity contribution in [2.24, 2.45) is 5.73 Å². The van der Waals surface area contributed by atoms with Crippen LogP contribution in [0.4, 0.5) is 0 Å². The zero-order valence-corrected chi connectivity index (χ0v) is 6.75. The molecule has 4 nitrogen and oxygen atoms in total. The summed E-state index contributed by atoms with van der Waals surface area (Å²) < 4.78 is 4.67. The number of aromatic nitrogens is 1. The second-order valence-corrected chi connectivity index (χ2v) is 2.65. The van der Waals surface area contributed by atoms with Crippen LogP contribution >= 0.6 is 11.6 Å².